The van der Waals surface area contributed by atoms with Crippen molar-refractivity contribution in [2.75, 3.05) is 51.1 Å². The van der Waals surface area contributed by atoms with Crippen LogP contribution in [0, 0.1) is 0 Å². The molecule has 1 aliphatic heterocycles. The summed E-state index contributed by atoms with van der Waals surface area (Å²) in [5.41, 5.74) is 2.09. The maximum absolute atomic E-state index is 12.6. The summed E-state index contributed by atoms with van der Waals surface area (Å²) < 4.78 is 17.3. The summed E-state index contributed by atoms with van der Waals surface area (Å²) in [6, 6.07) is 11.4. The normalized spacial score (nSPS) is 14.2. The summed E-state index contributed by atoms with van der Waals surface area (Å²) in [4.78, 5) is 23.3. The number of amides is 1. The molecular formula is C24H26BrN5O4. The fraction of sp³-hybridized carbons (Fsp3) is 0.292. The van der Waals surface area contributed by atoms with E-state index in [1.54, 1.807) is 25.3 Å². The second-order valence-electron chi connectivity index (χ2n) is 7.71. The van der Waals surface area contributed by atoms with Gasteiger partial charge in [0.25, 0.3) is 0 Å². The molecule has 2 aromatic carbocycles. The van der Waals surface area contributed by atoms with Crippen molar-refractivity contribution in [3.63, 3.8) is 0 Å². The fourth-order valence-electron chi connectivity index (χ4n) is 3.51. The first-order valence-electron chi connectivity index (χ1n) is 10.8. The van der Waals surface area contributed by atoms with E-state index in [9.17, 15) is 4.79 Å². The predicted molar refractivity (Wildman–Crippen MR) is 134 cm³/mol. The third-order valence-corrected chi connectivity index (χ3v) is 5.63. The number of hydrogen-bond acceptors (Lipinski definition) is 8. The minimum atomic E-state index is -0.266. The quantitative estimate of drug-likeness (QED) is 0.403. The van der Waals surface area contributed by atoms with E-state index in [4.69, 9.17) is 14.2 Å². The molecule has 1 aliphatic rings. The molecule has 1 saturated heterocycles. The molecule has 9 nitrogen and oxygen atoms in total. The van der Waals surface area contributed by atoms with Gasteiger partial charge in [-0.05, 0) is 31.3 Å². The Bertz CT molecular complexity index is 1180. The molecule has 4 rings (SSSR count). The predicted octanol–water partition coefficient (Wildman–Crippen LogP) is 3.94. The van der Waals surface area contributed by atoms with Crippen LogP contribution in [0.1, 0.15) is 0 Å². The second-order valence-corrected chi connectivity index (χ2v) is 8.63. The largest absolute Gasteiger partial charge is 0.494 e. The molecule has 0 unspecified atom stereocenters. The molecule has 0 spiro atoms. The first-order chi connectivity index (χ1) is 16.5. The highest BCUT2D eigenvalue weighted by atomic mass is 79.9. The fourth-order valence-corrected chi connectivity index (χ4v) is 3.91. The lowest BCUT2D eigenvalue weighted by atomic mass is 10.2. The molecule has 3 aromatic rings. The van der Waals surface area contributed by atoms with E-state index in [0.717, 1.165) is 15.5 Å². The Labute approximate surface area is 206 Å². The molecule has 10 heteroatoms. The number of ether oxygens (including phenoxy) is 3. The van der Waals surface area contributed by atoms with Gasteiger partial charge in [0.05, 0.1) is 31.5 Å². The van der Waals surface area contributed by atoms with E-state index >= 15 is 0 Å². The van der Waals surface area contributed by atoms with Gasteiger partial charge in [-0.2, -0.15) is 0 Å². The lowest BCUT2D eigenvalue weighted by molar-refractivity contribution is -0.111. The molecule has 0 aliphatic carbocycles. The highest BCUT2D eigenvalue weighted by Gasteiger charge is 2.17. The van der Waals surface area contributed by atoms with Crippen LogP contribution in [-0.2, 0) is 14.3 Å². The third kappa shape index (κ3) is 6.29. The number of nitrogens with zero attached hydrogens (tertiary/aromatic N) is 3. The van der Waals surface area contributed by atoms with Crippen molar-refractivity contribution in [1.29, 1.82) is 0 Å². The Morgan fingerprint density at radius 2 is 2.09 bits per heavy atom. The molecular weight excluding hydrogens is 502 g/mol. The molecule has 0 atom stereocenters. The van der Waals surface area contributed by atoms with Crippen molar-refractivity contribution in [1.82, 2.24) is 14.9 Å². The number of anilines is 3. The number of aromatic nitrogens is 2. The number of rotatable bonds is 9. The van der Waals surface area contributed by atoms with E-state index in [2.05, 4.69) is 36.5 Å². The number of fused-ring (bicyclic) bond motifs is 1. The lowest BCUT2D eigenvalue weighted by Crippen LogP contribution is -2.30. The second kappa shape index (κ2) is 11.4. The van der Waals surface area contributed by atoms with Crippen LogP contribution in [0.25, 0.3) is 10.9 Å². The molecule has 0 radical (unpaired) electrons. The van der Waals surface area contributed by atoms with Crippen molar-refractivity contribution in [3.8, 4) is 5.75 Å². The first-order valence-corrected chi connectivity index (χ1v) is 11.6. The van der Waals surface area contributed by atoms with E-state index in [0.29, 0.717) is 49.1 Å². The zero-order valence-electron chi connectivity index (χ0n) is 19.0. The Kier molecular flexibility index (Phi) is 8.07. The molecule has 0 bridgehead atoms. The van der Waals surface area contributed by atoms with Crippen molar-refractivity contribution >= 4 is 49.9 Å². The summed E-state index contributed by atoms with van der Waals surface area (Å²) in [6.45, 7) is 2.46. The molecule has 2 heterocycles. The van der Waals surface area contributed by atoms with Gasteiger partial charge in [0.15, 0.2) is 6.29 Å². The first kappa shape index (κ1) is 24.1. The molecule has 1 aromatic heterocycles. The number of halogens is 1. The van der Waals surface area contributed by atoms with Gasteiger partial charge >= 0.3 is 0 Å². The van der Waals surface area contributed by atoms with Gasteiger partial charge in [0, 0.05) is 40.8 Å². The molecule has 0 saturated carbocycles. The highest BCUT2D eigenvalue weighted by molar-refractivity contribution is 9.10. The van der Waals surface area contributed by atoms with E-state index in [-0.39, 0.29) is 12.2 Å². The number of carbonyl (C=O) groups is 1. The van der Waals surface area contributed by atoms with Crippen LogP contribution in [0.5, 0.6) is 5.75 Å². The molecule has 1 amide bonds. The topological polar surface area (TPSA) is 97.8 Å². The Hall–Kier alpha value is -3.05. The molecule has 34 heavy (non-hydrogen) atoms. The van der Waals surface area contributed by atoms with Crippen LogP contribution >= 0.6 is 15.9 Å². The molecule has 1 fully saturated rings. The number of carbonyl (C=O) groups excluding carboxylic acids is 1. The van der Waals surface area contributed by atoms with Gasteiger partial charge in [-0.1, -0.05) is 28.1 Å². The van der Waals surface area contributed by atoms with Crippen molar-refractivity contribution in [2.24, 2.45) is 0 Å². The van der Waals surface area contributed by atoms with Gasteiger partial charge in [0.2, 0.25) is 5.91 Å². The van der Waals surface area contributed by atoms with E-state index in [1.807, 2.05) is 36.2 Å². The zero-order valence-corrected chi connectivity index (χ0v) is 20.5. The van der Waals surface area contributed by atoms with Crippen molar-refractivity contribution in [3.05, 3.63) is 59.4 Å². The van der Waals surface area contributed by atoms with Crippen molar-refractivity contribution in [2.45, 2.75) is 6.29 Å². The van der Waals surface area contributed by atoms with Crippen LogP contribution in [0.2, 0.25) is 0 Å². The van der Waals surface area contributed by atoms with Gasteiger partial charge in [0.1, 0.15) is 17.9 Å². The Morgan fingerprint density at radius 1 is 1.26 bits per heavy atom. The van der Waals surface area contributed by atoms with Gasteiger partial charge in [-0.15, -0.1) is 0 Å². The smallest absolute Gasteiger partial charge is 0.248 e. The molecule has 178 valence electrons. The summed E-state index contributed by atoms with van der Waals surface area (Å²) >= 11 is 3.48. The van der Waals surface area contributed by atoms with Crippen LogP contribution < -0.4 is 15.4 Å². The number of likely N-dealkylation sites (N-methyl/N-ethyl adjacent to an activating group) is 1. The lowest BCUT2D eigenvalue weighted by Gasteiger charge is -2.18. The summed E-state index contributed by atoms with van der Waals surface area (Å²) in [5, 5.41) is 6.95. The number of benzene rings is 2. The molecule has 2 N–H and O–H groups in total. The summed E-state index contributed by atoms with van der Waals surface area (Å²) in [6.07, 6.45) is 4.57. The van der Waals surface area contributed by atoms with Gasteiger partial charge in [-0.25, -0.2) is 9.97 Å². The number of nitrogens with one attached hydrogen (secondary N) is 2. The van der Waals surface area contributed by atoms with Gasteiger partial charge < -0.3 is 24.8 Å². The van der Waals surface area contributed by atoms with E-state index in [1.165, 1.54) is 12.4 Å². The monoisotopic (exact) mass is 527 g/mol. The van der Waals surface area contributed by atoms with Crippen LogP contribution in [0.3, 0.4) is 0 Å². The minimum Gasteiger partial charge on any atom is -0.494 e. The number of methoxy groups -OCH3 is 1. The maximum Gasteiger partial charge on any atom is 0.248 e. The standard InChI is InChI=1S/C24H26BrN5O4/c1-30(14-23-33-9-10-34-23)8-4-7-22(31)29-20-12-18-19(13-21(20)32-2)26-15-27-24(18)28-17-6-3-5-16(25)11-17/h3-7,11-13,15,23H,8-10,14H2,1-2H3,(H,29,31)(H,26,27,28). The highest BCUT2D eigenvalue weighted by Crippen LogP contribution is 2.33. The van der Waals surface area contributed by atoms with Crippen LogP contribution in [0.15, 0.2) is 59.4 Å². The van der Waals surface area contributed by atoms with Crippen LogP contribution in [0.4, 0.5) is 17.2 Å². The van der Waals surface area contributed by atoms with Crippen molar-refractivity contribution < 1.29 is 19.0 Å². The number of hydrogen-bond donors (Lipinski definition) is 2. The average molecular weight is 528 g/mol. The zero-order chi connectivity index (χ0) is 23.9. The average Bonchev–Trinajstić information content (AvgIpc) is 3.32. The summed E-state index contributed by atoms with van der Waals surface area (Å²) in [5.74, 6) is 0.863. The minimum absolute atomic E-state index is 0.212. The Balaban J connectivity index is 1.47. The summed E-state index contributed by atoms with van der Waals surface area (Å²) in [7, 11) is 3.50. The third-order valence-electron chi connectivity index (χ3n) is 5.14. The Morgan fingerprint density at radius 3 is 2.85 bits per heavy atom. The van der Waals surface area contributed by atoms with E-state index < -0.39 is 0 Å². The SMILES string of the molecule is COc1cc2ncnc(Nc3cccc(Br)c3)c2cc1NC(=O)C=CCN(C)CC1OCCO1. The maximum atomic E-state index is 12.6. The van der Waals surface area contributed by atoms with Gasteiger partial charge in [-0.3, -0.25) is 9.69 Å². The van der Waals surface area contributed by atoms with Crippen LogP contribution in [-0.4, -0.2) is 67.5 Å².